The van der Waals surface area contributed by atoms with E-state index in [2.05, 4.69) is 64.4 Å². The lowest BCUT2D eigenvalue weighted by Gasteiger charge is -2.37. The lowest BCUT2D eigenvalue weighted by Crippen LogP contribution is -2.47. The normalized spacial score (nSPS) is 25.9. The van der Waals surface area contributed by atoms with E-state index in [-0.39, 0.29) is 23.0 Å². The number of allylic oxidation sites excluding steroid dienone is 6. The van der Waals surface area contributed by atoms with Crippen LogP contribution in [0.1, 0.15) is 96.3 Å². The van der Waals surface area contributed by atoms with Gasteiger partial charge in [0.1, 0.15) is 34.9 Å². The highest BCUT2D eigenvalue weighted by Crippen LogP contribution is 2.50. The first-order valence-corrected chi connectivity index (χ1v) is 19.0. The van der Waals surface area contributed by atoms with Crippen LogP contribution in [0.2, 0.25) is 0 Å². The number of hydrogen-bond donors (Lipinski definition) is 3. The molecule has 0 spiro atoms. The number of aliphatic hydroxyl groups excluding tert-OH is 1. The zero-order valence-electron chi connectivity index (χ0n) is 30.9. The molecule has 1 fully saturated rings. The Morgan fingerprint density at radius 1 is 1.14 bits per heavy atom. The molecule has 282 valence electrons. The van der Waals surface area contributed by atoms with Crippen LogP contribution in [0.5, 0.6) is 11.5 Å². The number of nitrogens with zero attached hydrogens (tertiary/aromatic N) is 2. The summed E-state index contributed by atoms with van der Waals surface area (Å²) in [5.74, 6) is -2.99. The van der Waals surface area contributed by atoms with Crippen LogP contribution in [0, 0.1) is 13.8 Å². The third kappa shape index (κ3) is 10.4. The van der Waals surface area contributed by atoms with E-state index in [9.17, 15) is 14.6 Å². The van der Waals surface area contributed by atoms with Gasteiger partial charge in [0.05, 0.1) is 6.61 Å². The molecule has 0 aliphatic carbocycles. The van der Waals surface area contributed by atoms with Crippen molar-refractivity contribution in [2.75, 3.05) is 6.61 Å². The van der Waals surface area contributed by atoms with Gasteiger partial charge in [-0.05, 0) is 129 Å². The van der Waals surface area contributed by atoms with Gasteiger partial charge < -0.3 is 29.7 Å². The van der Waals surface area contributed by atoms with Crippen molar-refractivity contribution < 1.29 is 41.9 Å². The first kappa shape index (κ1) is 40.5. The van der Waals surface area contributed by atoms with Crippen molar-refractivity contribution in [3.05, 3.63) is 82.4 Å². The maximum Gasteiger partial charge on any atom is 0.527 e. The summed E-state index contributed by atoms with van der Waals surface area (Å²) in [5.41, 5.74) is 11.5. The first-order valence-electron chi connectivity index (χ1n) is 17.5. The molecule has 0 saturated carbocycles. The minimum atomic E-state index is -4.84. The number of hydrogen-bond acceptors (Lipinski definition) is 9. The van der Waals surface area contributed by atoms with Crippen LogP contribution in [-0.4, -0.2) is 57.3 Å². The van der Waals surface area contributed by atoms with Crippen molar-refractivity contribution >= 4 is 13.7 Å². The predicted molar refractivity (Wildman–Crippen MR) is 196 cm³/mol. The highest BCUT2D eigenvalue weighted by molar-refractivity contribution is 7.47. The van der Waals surface area contributed by atoms with Gasteiger partial charge in [0.2, 0.25) is 6.23 Å². The molecule has 10 nitrogen and oxygen atoms in total. The topological polar surface area (TPSA) is 136 Å². The number of rotatable bonds is 15. The first-order chi connectivity index (χ1) is 23.8. The van der Waals surface area contributed by atoms with Crippen LogP contribution in [0.25, 0.3) is 0 Å². The molecule has 0 aromatic heterocycles. The summed E-state index contributed by atoms with van der Waals surface area (Å²) >= 11 is 0. The Bertz CT molecular complexity index is 1670. The number of amidine groups is 1. The van der Waals surface area contributed by atoms with Gasteiger partial charge in [0.25, 0.3) is 0 Å². The van der Waals surface area contributed by atoms with Crippen LogP contribution >= 0.6 is 7.82 Å². The van der Waals surface area contributed by atoms with E-state index in [0.29, 0.717) is 12.0 Å². The van der Waals surface area contributed by atoms with Gasteiger partial charge in [-0.1, -0.05) is 41.5 Å². The molecule has 1 saturated heterocycles. The Kier molecular flexibility index (Phi) is 13.2. The molecule has 13 heteroatoms. The van der Waals surface area contributed by atoms with Gasteiger partial charge in [-0.15, -0.1) is 0 Å². The second-order valence-corrected chi connectivity index (χ2v) is 15.7. The highest BCUT2D eigenvalue weighted by Gasteiger charge is 2.61. The number of phosphoric ester groups is 1. The second-order valence-electron chi connectivity index (χ2n) is 14.3. The molecule has 3 heterocycles. The average molecular weight is 734 g/mol. The summed E-state index contributed by atoms with van der Waals surface area (Å²) < 4.78 is 65.5. The summed E-state index contributed by atoms with van der Waals surface area (Å²) in [6, 6.07) is 1.66. The number of aryl methyl sites for hydroxylation is 1. The van der Waals surface area contributed by atoms with E-state index < -0.39 is 38.8 Å². The summed E-state index contributed by atoms with van der Waals surface area (Å²) in [6.07, 6.45) is 10.8. The number of alkyl halides is 2. The molecule has 3 aliphatic heterocycles. The zero-order valence-corrected chi connectivity index (χ0v) is 31.8. The van der Waals surface area contributed by atoms with Crippen molar-refractivity contribution in [2.45, 2.75) is 130 Å². The smallest absolute Gasteiger partial charge is 0.487 e. The number of halogens is 2. The molecule has 0 radical (unpaired) electrons. The molecule has 4 N–H and O–H groups in total. The maximum absolute atomic E-state index is 15.0. The van der Waals surface area contributed by atoms with Crippen molar-refractivity contribution in [3.8, 4) is 11.5 Å². The molecular formula is C38H54F2N3O7P. The zero-order chi connectivity index (χ0) is 37.7. The van der Waals surface area contributed by atoms with Gasteiger partial charge in [0.15, 0.2) is 6.10 Å². The monoisotopic (exact) mass is 733 g/mol. The fraction of sp³-hybridized carbons (Fsp3) is 0.553. The summed E-state index contributed by atoms with van der Waals surface area (Å²) in [6.45, 7) is 17.1. The van der Waals surface area contributed by atoms with E-state index in [1.807, 2.05) is 6.92 Å². The molecule has 3 aliphatic rings. The number of fused-ring (bicyclic) bond motifs is 1. The maximum atomic E-state index is 15.0. The van der Waals surface area contributed by atoms with Gasteiger partial charge in [0, 0.05) is 6.20 Å². The Morgan fingerprint density at radius 2 is 1.78 bits per heavy atom. The van der Waals surface area contributed by atoms with Crippen LogP contribution in [0.3, 0.4) is 0 Å². The minimum absolute atomic E-state index is 0.0682. The van der Waals surface area contributed by atoms with Crippen molar-refractivity contribution in [2.24, 2.45) is 10.7 Å². The number of nitrogens with two attached hydrogens (primary N) is 1. The Morgan fingerprint density at radius 3 is 2.43 bits per heavy atom. The third-order valence-corrected chi connectivity index (χ3v) is 10.5. The third-order valence-electron chi connectivity index (χ3n) is 9.64. The summed E-state index contributed by atoms with van der Waals surface area (Å²) in [7, 11) is -4.84. The molecule has 0 bridgehead atoms. The van der Waals surface area contributed by atoms with Crippen molar-refractivity contribution in [3.63, 3.8) is 0 Å². The number of benzene rings is 1. The lowest BCUT2D eigenvalue weighted by atomic mass is 9.87. The van der Waals surface area contributed by atoms with E-state index in [0.717, 1.165) is 66.7 Å². The molecule has 51 heavy (non-hydrogen) atoms. The fourth-order valence-electron chi connectivity index (χ4n) is 6.31. The SMILES string of the molecule is C=C1N=C(N)C=CN1[C@@H]1O[C@H](COP(=O)(O)Oc2cc3c(c(C)c2C)OC(C)(CC/C=C(\C)CC/C=C(\C)CCC=C(C)C)CC3)[C@H](O)C1(F)F. The van der Waals surface area contributed by atoms with Gasteiger partial charge in [-0.2, -0.15) is 8.78 Å². The Hall–Kier alpha value is -3.28. The standard InChI is InChI=1S/C38H54F2N3O7P/c1-24(2)12-9-13-25(3)14-10-15-26(4)16-11-19-37(8)20-17-30-22-31(27(5)28(6)34(30)49-37)50-51(45,46)47-23-32-35(44)38(39,40)36(48-32)43-21-18-33(41)42-29(43)7/h12,14,16,18,21-22,32,35-36,44H,7,9-11,13,15,17,19-20,23H2,1-6,8H3,(H2,41,42)(H,45,46)/b25-14+,26-16+/t32-,35+,36-,37?/m1/s1. The Balaban J connectivity index is 1.32. The minimum Gasteiger partial charge on any atom is -0.487 e. The highest BCUT2D eigenvalue weighted by atomic mass is 31.2. The average Bonchev–Trinajstić information content (AvgIpc) is 3.26. The van der Waals surface area contributed by atoms with Crippen LogP contribution in [0.4, 0.5) is 8.78 Å². The molecule has 2 unspecified atom stereocenters. The molecule has 1 aromatic rings. The van der Waals surface area contributed by atoms with E-state index in [1.54, 1.807) is 13.0 Å². The second kappa shape index (κ2) is 16.6. The number of ether oxygens (including phenoxy) is 2. The largest absolute Gasteiger partial charge is 0.527 e. The van der Waals surface area contributed by atoms with E-state index in [1.165, 1.54) is 29.0 Å². The van der Waals surface area contributed by atoms with Gasteiger partial charge in [-0.25, -0.2) is 9.56 Å². The van der Waals surface area contributed by atoms with E-state index >= 15 is 8.78 Å². The van der Waals surface area contributed by atoms with Gasteiger partial charge in [-0.3, -0.25) is 9.42 Å². The van der Waals surface area contributed by atoms with Crippen molar-refractivity contribution in [1.29, 1.82) is 0 Å². The lowest BCUT2D eigenvalue weighted by molar-refractivity contribution is -0.148. The van der Waals surface area contributed by atoms with Crippen LogP contribution in [0.15, 0.2) is 70.7 Å². The number of aliphatic hydroxyl groups is 1. The van der Waals surface area contributed by atoms with Crippen LogP contribution in [-0.2, 0) is 20.2 Å². The molecule has 1 aromatic carbocycles. The van der Waals surface area contributed by atoms with Crippen molar-refractivity contribution in [1.82, 2.24) is 4.90 Å². The Labute approximate surface area is 301 Å². The number of phosphoric acid groups is 1. The van der Waals surface area contributed by atoms with Crippen LogP contribution < -0.4 is 15.0 Å². The molecule has 5 atom stereocenters. The molecule has 4 rings (SSSR count). The quantitative estimate of drug-likeness (QED) is 0.120. The predicted octanol–water partition coefficient (Wildman–Crippen LogP) is 8.46. The fourth-order valence-corrected chi connectivity index (χ4v) is 7.14. The molecule has 0 amide bonds. The van der Waals surface area contributed by atoms with Gasteiger partial charge >= 0.3 is 13.7 Å². The van der Waals surface area contributed by atoms with E-state index in [4.69, 9.17) is 24.3 Å². The number of aliphatic imine (C=N–C) groups is 1. The molecular weight excluding hydrogens is 679 g/mol. The summed E-state index contributed by atoms with van der Waals surface area (Å²) in [5, 5.41) is 10.3. The summed E-state index contributed by atoms with van der Waals surface area (Å²) in [4.78, 5) is 15.4.